The van der Waals surface area contributed by atoms with Crippen molar-refractivity contribution in [2.45, 2.75) is 45.4 Å². The van der Waals surface area contributed by atoms with Gasteiger partial charge in [-0.2, -0.15) is 0 Å². The Kier molecular flexibility index (Phi) is 6.22. The quantitative estimate of drug-likeness (QED) is 0.711. The van der Waals surface area contributed by atoms with Crippen molar-refractivity contribution >= 4 is 0 Å². The van der Waals surface area contributed by atoms with Crippen molar-refractivity contribution < 1.29 is 9.64 Å². The Morgan fingerprint density at radius 1 is 1.05 bits per heavy atom. The molecule has 1 aliphatic heterocycles. The first-order valence-electron chi connectivity index (χ1n) is 7.87. The Hall–Kier alpha value is -1.02. The summed E-state index contributed by atoms with van der Waals surface area (Å²) < 4.78 is 5.76. The molecule has 1 heterocycles. The van der Waals surface area contributed by atoms with Gasteiger partial charge in [0.25, 0.3) is 0 Å². The van der Waals surface area contributed by atoms with Crippen LogP contribution < -0.4 is 9.64 Å². The molecule has 1 saturated heterocycles. The molecule has 0 bridgehead atoms. The van der Waals surface area contributed by atoms with E-state index < -0.39 is 0 Å². The molecule has 1 aromatic rings. The zero-order valence-electron chi connectivity index (χ0n) is 12.3. The van der Waals surface area contributed by atoms with Gasteiger partial charge in [-0.25, -0.2) is 0 Å². The highest BCUT2D eigenvalue weighted by atomic mass is 16.5. The van der Waals surface area contributed by atoms with Crippen LogP contribution in [0, 0.1) is 6.92 Å². The van der Waals surface area contributed by atoms with Crippen LogP contribution in [0.1, 0.15) is 44.1 Å². The van der Waals surface area contributed by atoms with Gasteiger partial charge in [-0.05, 0) is 50.3 Å². The van der Waals surface area contributed by atoms with Crippen molar-refractivity contribution in [1.29, 1.82) is 0 Å². The van der Waals surface area contributed by atoms with Crippen LogP contribution in [0.3, 0.4) is 0 Å². The number of ether oxygens (including phenoxy) is 1. The van der Waals surface area contributed by atoms with Crippen LogP contribution in [0.5, 0.6) is 5.75 Å². The molecule has 2 rings (SSSR count). The fourth-order valence-electron chi connectivity index (χ4n) is 2.85. The summed E-state index contributed by atoms with van der Waals surface area (Å²) in [7, 11) is 0. The summed E-state index contributed by atoms with van der Waals surface area (Å²) in [6.07, 6.45) is 8.13. The van der Waals surface area contributed by atoms with Crippen molar-refractivity contribution in [2.75, 3.05) is 26.2 Å². The third-order valence-electron chi connectivity index (χ3n) is 3.99. The third-order valence-corrected chi connectivity index (χ3v) is 3.99. The first kappa shape index (κ1) is 14.4. The summed E-state index contributed by atoms with van der Waals surface area (Å²) in [5.41, 5.74) is 1.27. The fraction of sp³-hybridized carbons (Fsp3) is 0.647. The first-order valence-corrected chi connectivity index (χ1v) is 7.87. The van der Waals surface area contributed by atoms with E-state index >= 15 is 0 Å². The minimum absolute atomic E-state index is 0.861. The number of nitrogens with one attached hydrogen (secondary N) is 1. The van der Waals surface area contributed by atoms with Crippen LogP contribution in [0.2, 0.25) is 0 Å². The van der Waals surface area contributed by atoms with Gasteiger partial charge >= 0.3 is 0 Å². The van der Waals surface area contributed by atoms with E-state index in [0.717, 1.165) is 12.4 Å². The van der Waals surface area contributed by atoms with Gasteiger partial charge in [0.15, 0.2) is 0 Å². The normalized spacial score (nSPS) is 15.8. The maximum absolute atomic E-state index is 5.76. The lowest BCUT2D eigenvalue weighted by Gasteiger charge is -2.11. The highest BCUT2D eigenvalue weighted by Gasteiger charge is 2.13. The maximum atomic E-state index is 5.76. The predicted octanol–water partition coefficient (Wildman–Crippen LogP) is 2.61. The Bertz CT molecular complexity index is 358. The molecular formula is C17H28NO+. The van der Waals surface area contributed by atoms with Gasteiger partial charge in [-0.1, -0.05) is 12.1 Å². The van der Waals surface area contributed by atoms with E-state index in [-0.39, 0.29) is 0 Å². The number of aryl methyl sites for hydroxylation is 1. The van der Waals surface area contributed by atoms with Gasteiger partial charge in [0.1, 0.15) is 5.75 Å². The maximum Gasteiger partial charge on any atom is 0.119 e. The van der Waals surface area contributed by atoms with Crippen molar-refractivity contribution in [1.82, 2.24) is 0 Å². The third kappa shape index (κ3) is 5.65. The summed E-state index contributed by atoms with van der Waals surface area (Å²) >= 11 is 0. The van der Waals surface area contributed by atoms with E-state index in [0.29, 0.717) is 0 Å². The standard InChI is InChI=1S/C17H27NO/c1-16-9-8-10-17(15-16)19-14-7-3-2-4-11-18-12-5-6-13-18/h8-10,15H,2-7,11-14H2,1H3/p+1. The monoisotopic (exact) mass is 262 g/mol. The number of hydrogen-bond acceptors (Lipinski definition) is 1. The zero-order valence-corrected chi connectivity index (χ0v) is 12.3. The van der Waals surface area contributed by atoms with E-state index in [1.165, 1.54) is 63.7 Å². The SMILES string of the molecule is Cc1cccc(OCCCCCC[NH+]2CCCC2)c1. The molecular weight excluding hydrogens is 234 g/mol. The largest absolute Gasteiger partial charge is 0.494 e. The molecule has 0 spiro atoms. The molecule has 1 fully saturated rings. The number of quaternary nitrogens is 1. The van der Waals surface area contributed by atoms with E-state index in [1.54, 1.807) is 0 Å². The minimum atomic E-state index is 0.861. The van der Waals surface area contributed by atoms with Gasteiger partial charge in [-0.3, -0.25) is 0 Å². The van der Waals surface area contributed by atoms with Crippen LogP contribution in [0.15, 0.2) is 24.3 Å². The molecule has 0 atom stereocenters. The molecule has 1 aromatic carbocycles. The fourth-order valence-corrected chi connectivity index (χ4v) is 2.85. The van der Waals surface area contributed by atoms with Gasteiger partial charge in [0.05, 0.1) is 26.2 Å². The first-order chi connectivity index (χ1) is 9.34. The lowest BCUT2D eigenvalue weighted by atomic mass is 10.2. The molecule has 19 heavy (non-hydrogen) atoms. The summed E-state index contributed by atoms with van der Waals surface area (Å²) in [5, 5.41) is 0. The van der Waals surface area contributed by atoms with Crippen LogP contribution in [-0.4, -0.2) is 26.2 Å². The van der Waals surface area contributed by atoms with Crippen molar-refractivity contribution in [2.24, 2.45) is 0 Å². The molecule has 0 amide bonds. The molecule has 2 nitrogen and oxygen atoms in total. The van der Waals surface area contributed by atoms with E-state index in [4.69, 9.17) is 4.74 Å². The second-order valence-electron chi connectivity index (χ2n) is 5.79. The molecule has 0 aromatic heterocycles. The molecule has 0 saturated carbocycles. The summed E-state index contributed by atoms with van der Waals surface area (Å²) in [5.74, 6) is 1.02. The Morgan fingerprint density at radius 2 is 1.84 bits per heavy atom. The van der Waals surface area contributed by atoms with Crippen LogP contribution in [0.25, 0.3) is 0 Å². The molecule has 106 valence electrons. The lowest BCUT2D eigenvalue weighted by molar-refractivity contribution is -0.887. The molecule has 2 heteroatoms. The highest BCUT2D eigenvalue weighted by molar-refractivity contribution is 5.27. The zero-order chi connectivity index (χ0) is 13.3. The van der Waals surface area contributed by atoms with Crippen LogP contribution in [0.4, 0.5) is 0 Å². The molecule has 1 aliphatic rings. The average Bonchev–Trinajstić information content (AvgIpc) is 2.91. The average molecular weight is 262 g/mol. The number of unbranched alkanes of at least 4 members (excludes halogenated alkanes) is 3. The predicted molar refractivity (Wildman–Crippen MR) is 79.9 cm³/mol. The summed E-state index contributed by atoms with van der Waals surface area (Å²) in [6.45, 7) is 7.18. The summed E-state index contributed by atoms with van der Waals surface area (Å²) in [6, 6.07) is 8.32. The van der Waals surface area contributed by atoms with E-state index in [1.807, 2.05) is 11.0 Å². The molecule has 0 unspecified atom stereocenters. The number of hydrogen-bond donors (Lipinski definition) is 1. The van der Waals surface area contributed by atoms with Gasteiger partial charge in [0, 0.05) is 12.8 Å². The van der Waals surface area contributed by atoms with Gasteiger partial charge in [0.2, 0.25) is 0 Å². The molecule has 1 N–H and O–H groups in total. The summed E-state index contributed by atoms with van der Waals surface area (Å²) in [4.78, 5) is 1.83. The lowest BCUT2D eigenvalue weighted by Crippen LogP contribution is -3.09. The Morgan fingerprint density at radius 3 is 2.63 bits per heavy atom. The van der Waals surface area contributed by atoms with E-state index in [9.17, 15) is 0 Å². The number of rotatable bonds is 8. The van der Waals surface area contributed by atoms with Crippen LogP contribution >= 0.6 is 0 Å². The van der Waals surface area contributed by atoms with E-state index in [2.05, 4.69) is 25.1 Å². The number of likely N-dealkylation sites (tertiary alicyclic amines) is 1. The topological polar surface area (TPSA) is 13.7 Å². The smallest absolute Gasteiger partial charge is 0.119 e. The second kappa shape index (κ2) is 8.21. The molecule has 0 aliphatic carbocycles. The second-order valence-corrected chi connectivity index (χ2v) is 5.79. The van der Waals surface area contributed by atoms with Crippen molar-refractivity contribution in [3.63, 3.8) is 0 Å². The Labute approximate surface area is 117 Å². The van der Waals surface area contributed by atoms with Gasteiger partial charge in [-0.15, -0.1) is 0 Å². The highest BCUT2D eigenvalue weighted by Crippen LogP contribution is 2.13. The number of benzene rings is 1. The van der Waals surface area contributed by atoms with Gasteiger partial charge < -0.3 is 9.64 Å². The van der Waals surface area contributed by atoms with Crippen molar-refractivity contribution in [3.8, 4) is 5.75 Å². The minimum Gasteiger partial charge on any atom is -0.494 e. The molecule has 0 radical (unpaired) electrons. The Balaban J connectivity index is 1.46. The van der Waals surface area contributed by atoms with Crippen LogP contribution in [-0.2, 0) is 0 Å². The van der Waals surface area contributed by atoms with Crippen molar-refractivity contribution in [3.05, 3.63) is 29.8 Å².